The summed E-state index contributed by atoms with van der Waals surface area (Å²) in [6, 6.07) is 3.27. The zero-order valence-corrected chi connectivity index (χ0v) is 8.74. The Balaban J connectivity index is 2.58. The fourth-order valence-corrected chi connectivity index (χ4v) is 2.04. The highest BCUT2D eigenvalue weighted by Gasteiger charge is 2.12. The summed E-state index contributed by atoms with van der Waals surface area (Å²) in [5.74, 6) is -0.623. The fraction of sp³-hybridized carbons (Fsp3) is 0.100. The van der Waals surface area contributed by atoms with Gasteiger partial charge in [0.1, 0.15) is 22.5 Å². The highest BCUT2D eigenvalue weighted by Crippen LogP contribution is 2.30. The molecule has 0 bridgehead atoms. The molecule has 5 heteroatoms. The summed E-state index contributed by atoms with van der Waals surface area (Å²) in [5.41, 5.74) is 5.70. The number of anilines is 1. The number of halogens is 2. The first kappa shape index (κ1) is 10.0. The number of aryl methyl sites for hydroxylation is 1. The van der Waals surface area contributed by atoms with Gasteiger partial charge in [-0.1, -0.05) is 0 Å². The second-order valence-corrected chi connectivity index (χ2v) is 4.29. The van der Waals surface area contributed by atoms with Crippen LogP contribution in [0.4, 0.5) is 14.6 Å². The van der Waals surface area contributed by atoms with Crippen LogP contribution in [0.15, 0.2) is 18.2 Å². The molecule has 78 valence electrons. The first-order chi connectivity index (χ1) is 7.08. The third-order valence-corrected chi connectivity index (χ3v) is 3.01. The number of nitrogen functional groups attached to an aromatic ring is 1. The molecule has 1 aromatic heterocycles. The molecule has 1 heterocycles. The molecule has 0 aliphatic carbocycles. The molecule has 0 saturated heterocycles. The molecule has 2 rings (SSSR count). The summed E-state index contributed by atoms with van der Waals surface area (Å²) in [4.78, 5) is 4.77. The molecule has 0 amide bonds. The molecular weight excluding hydrogens is 218 g/mol. The number of aromatic nitrogens is 1. The lowest BCUT2D eigenvalue weighted by atomic mass is 10.2. The van der Waals surface area contributed by atoms with Gasteiger partial charge in [0, 0.05) is 10.4 Å². The Morgan fingerprint density at radius 1 is 1.33 bits per heavy atom. The molecule has 0 unspecified atom stereocenters. The Morgan fingerprint density at radius 2 is 2.07 bits per heavy atom. The molecule has 2 N–H and O–H groups in total. The van der Waals surface area contributed by atoms with E-state index in [9.17, 15) is 8.78 Å². The van der Waals surface area contributed by atoms with Crippen molar-refractivity contribution >= 4 is 17.2 Å². The highest BCUT2D eigenvalue weighted by atomic mass is 32.1. The largest absolute Gasteiger partial charge is 0.383 e. The smallest absolute Gasteiger partial charge is 0.138 e. The number of nitrogens with two attached hydrogens (primary N) is 1. The van der Waals surface area contributed by atoms with Crippen molar-refractivity contribution in [3.63, 3.8) is 0 Å². The molecule has 15 heavy (non-hydrogen) atoms. The number of nitrogens with zero attached hydrogens (tertiary/aromatic N) is 1. The average molecular weight is 226 g/mol. The van der Waals surface area contributed by atoms with E-state index >= 15 is 0 Å². The van der Waals surface area contributed by atoms with E-state index in [-0.39, 0.29) is 5.56 Å². The minimum atomic E-state index is -0.495. The van der Waals surface area contributed by atoms with E-state index in [1.165, 1.54) is 11.3 Å². The number of thiazole rings is 1. The Hall–Kier alpha value is -1.49. The van der Waals surface area contributed by atoms with Crippen molar-refractivity contribution in [2.24, 2.45) is 0 Å². The van der Waals surface area contributed by atoms with Crippen molar-refractivity contribution in [3.05, 3.63) is 34.7 Å². The molecule has 0 aliphatic rings. The van der Waals surface area contributed by atoms with E-state index in [2.05, 4.69) is 4.98 Å². The van der Waals surface area contributed by atoms with Gasteiger partial charge in [-0.15, -0.1) is 11.3 Å². The molecule has 0 atom stereocenters. The van der Waals surface area contributed by atoms with Crippen molar-refractivity contribution < 1.29 is 8.78 Å². The van der Waals surface area contributed by atoms with Gasteiger partial charge in [-0.25, -0.2) is 13.8 Å². The van der Waals surface area contributed by atoms with Crippen LogP contribution in [0, 0.1) is 18.6 Å². The summed E-state index contributed by atoms with van der Waals surface area (Å²) >= 11 is 1.25. The summed E-state index contributed by atoms with van der Waals surface area (Å²) < 4.78 is 26.3. The van der Waals surface area contributed by atoms with E-state index in [1.807, 2.05) is 0 Å². The van der Waals surface area contributed by atoms with Crippen molar-refractivity contribution in [1.29, 1.82) is 0 Å². The lowest BCUT2D eigenvalue weighted by Gasteiger charge is -1.98. The van der Waals surface area contributed by atoms with Crippen molar-refractivity contribution in [1.82, 2.24) is 4.98 Å². The van der Waals surface area contributed by atoms with Crippen LogP contribution in [0.3, 0.4) is 0 Å². The summed E-state index contributed by atoms with van der Waals surface area (Å²) in [6.07, 6.45) is 0. The van der Waals surface area contributed by atoms with Crippen LogP contribution in [0.5, 0.6) is 0 Å². The van der Waals surface area contributed by atoms with Gasteiger partial charge in [0.15, 0.2) is 0 Å². The van der Waals surface area contributed by atoms with Crippen molar-refractivity contribution in [2.45, 2.75) is 6.92 Å². The Labute approximate surface area is 89.4 Å². The van der Waals surface area contributed by atoms with Crippen LogP contribution >= 0.6 is 11.3 Å². The number of rotatable bonds is 1. The van der Waals surface area contributed by atoms with Gasteiger partial charge in [-0.2, -0.15) is 0 Å². The molecule has 1 aromatic carbocycles. The molecule has 0 saturated carbocycles. The normalized spacial score (nSPS) is 10.6. The molecule has 0 fully saturated rings. The van der Waals surface area contributed by atoms with Crippen LogP contribution in [-0.2, 0) is 0 Å². The van der Waals surface area contributed by atoms with Gasteiger partial charge in [0.05, 0.1) is 0 Å². The van der Waals surface area contributed by atoms with Gasteiger partial charge in [0.2, 0.25) is 0 Å². The second-order valence-electron chi connectivity index (χ2n) is 3.08. The second kappa shape index (κ2) is 3.58. The Kier molecular flexibility index (Phi) is 2.40. The Morgan fingerprint density at radius 3 is 2.67 bits per heavy atom. The molecule has 2 aromatic rings. The van der Waals surface area contributed by atoms with E-state index in [0.717, 1.165) is 23.1 Å². The van der Waals surface area contributed by atoms with Gasteiger partial charge in [-0.05, 0) is 25.1 Å². The maximum Gasteiger partial charge on any atom is 0.138 e. The third-order valence-electron chi connectivity index (χ3n) is 1.99. The zero-order valence-electron chi connectivity index (χ0n) is 7.92. The van der Waals surface area contributed by atoms with Crippen LogP contribution in [0.2, 0.25) is 0 Å². The standard InChI is InChI=1S/C10H8F2N2S/c1-5-9(13)14-10(15-5)7-4-6(11)2-3-8(7)12/h2-4H,13H2,1H3. The van der Waals surface area contributed by atoms with Crippen LogP contribution in [0.25, 0.3) is 10.6 Å². The Bertz CT molecular complexity index is 489. The fourth-order valence-electron chi connectivity index (χ4n) is 1.18. The molecular formula is C10H8F2N2S. The average Bonchev–Trinajstić information content (AvgIpc) is 2.51. The van der Waals surface area contributed by atoms with Gasteiger partial charge in [0.25, 0.3) is 0 Å². The molecule has 2 nitrogen and oxygen atoms in total. The van der Waals surface area contributed by atoms with Gasteiger partial charge >= 0.3 is 0 Å². The molecule has 0 aliphatic heterocycles. The maximum absolute atomic E-state index is 13.4. The quantitative estimate of drug-likeness (QED) is 0.811. The summed E-state index contributed by atoms with van der Waals surface area (Å²) in [6.45, 7) is 1.79. The third kappa shape index (κ3) is 1.83. The number of hydrogen-bond donors (Lipinski definition) is 1. The van der Waals surface area contributed by atoms with Crippen LogP contribution in [-0.4, -0.2) is 4.98 Å². The van der Waals surface area contributed by atoms with Crippen LogP contribution < -0.4 is 5.73 Å². The zero-order chi connectivity index (χ0) is 11.0. The van der Waals surface area contributed by atoms with Gasteiger partial charge < -0.3 is 5.73 Å². The molecule has 0 spiro atoms. The maximum atomic E-state index is 13.4. The summed E-state index contributed by atoms with van der Waals surface area (Å²) in [5, 5.41) is 0.405. The van der Waals surface area contributed by atoms with E-state index in [0.29, 0.717) is 10.8 Å². The predicted octanol–water partition coefficient (Wildman–Crippen LogP) is 2.98. The van der Waals surface area contributed by atoms with Crippen LogP contribution in [0.1, 0.15) is 4.88 Å². The van der Waals surface area contributed by atoms with Crippen molar-refractivity contribution in [3.8, 4) is 10.6 Å². The van der Waals surface area contributed by atoms with E-state index in [4.69, 9.17) is 5.73 Å². The lowest BCUT2D eigenvalue weighted by molar-refractivity contribution is 0.603. The molecule has 0 radical (unpaired) electrons. The van der Waals surface area contributed by atoms with Gasteiger partial charge in [-0.3, -0.25) is 0 Å². The summed E-state index contributed by atoms with van der Waals surface area (Å²) in [7, 11) is 0. The minimum Gasteiger partial charge on any atom is -0.383 e. The first-order valence-electron chi connectivity index (χ1n) is 4.26. The minimum absolute atomic E-state index is 0.153. The number of hydrogen-bond acceptors (Lipinski definition) is 3. The van der Waals surface area contributed by atoms with E-state index < -0.39 is 11.6 Å². The lowest BCUT2D eigenvalue weighted by Crippen LogP contribution is -1.88. The predicted molar refractivity (Wildman–Crippen MR) is 56.6 cm³/mol. The monoisotopic (exact) mass is 226 g/mol. The van der Waals surface area contributed by atoms with E-state index in [1.54, 1.807) is 6.92 Å². The van der Waals surface area contributed by atoms with Crippen molar-refractivity contribution in [2.75, 3.05) is 5.73 Å². The highest BCUT2D eigenvalue weighted by molar-refractivity contribution is 7.15. The topological polar surface area (TPSA) is 38.9 Å². The SMILES string of the molecule is Cc1sc(-c2cc(F)ccc2F)nc1N. The number of benzene rings is 1. The first-order valence-corrected chi connectivity index (χ1v) is 5.08.